The standard InChI is InChI=1S/2C21H17.2C6H5.2ClH.H2Si.Ti/c2*1-2-15-13-17-9-6-12-20(21(17)14-15)19-11-5-8-16-7-3-4-10-18(16)19;2*1-2-4-6-5-3-1;;;;/h2*3-14H,2H2,1H3;2*1-5H;2*1H;1H2;. The summed E-state index contributed by atoms with van der Waals surface area (Å²) >= 11 is -4.49. The molecule has 8 aromatic rings. The molecule has 0 fully saturated rings. The molecule has 286 valence electrons. The first kappa shape index (κ1) is 40.1. The molecule has 0 bridgehead atoms. The van der Waals surface area contributed by atoms with Crippen LogP contribution in [0.5, 0.6) is 0 Å². The first-order chi connectivity index (χ1) is 27.5. The minimum atomic E-state index is -4.49. The van der Waals surface area contributed by atoms with Crippen LogP contribution in [0.15, 0.2) is 193 Å². The van der Waals surface area contributed by atoms with Gasteiger partial charge in [-0.05, 0) is 0 Å². The van der Waals surface area contributed by atoms with Crippen molar-refractivity contribution in [2.45, 2.75) is 35.1 Å². The Kier molecular flexibility index (Phi) is 10.9. The molecule has 0 heterocycles. The van der Waals surface area contributed by atoms with Gasteiger partial charge in [0.05, 0.1) is 0 Å². The molecule has 2 aliphatic carbocycles. The number of rotatable bonds is 8. The van der Waals surface area contributed by atoms with Crippen molar-refractivity contribution >= 4 is 73.9 Å². The first-order valence-corrected chi connectivity index (χ1v) is 27.7. The number of halogens is 2. The van der Waals surface area contributed by atoms with Gasteiger partial charge in [-0.15, -0.1) is 24.8 Å². The molecule has 0 nitrogen and oxygen atoms in total. The molecule has 0 radical (unpaired) electrons. The SMILES string of the molecule is CCC1=Cc2c(-c3cccc4ccccc34)cccc2[CH]1[Ti](=[SiH2])([c]1ccccc1)([c]1ccccc1)[CH]1C(CC)=Cc2c(-c3cccc4ccccc34)cccc21.Cl.Cl. The van der Waals surface area contributed by atoms with Gasteiger partial charge in [0.15, 0.2) is 0 Å². The van der Waals surface area contributed by atoms with Gasteiger partial charge in [-0.3, -0.25) is 0 Å². The Hall–Kier alpha value is -4.73. The van der Waals surface area contributed by atoms with Crippen molar-refractivity contribution in [3.8, 4) is 22.3 Å². The van der Waals surface area contributed by atoms with Crippen LogP contribution in [0.4, 0.5) is 0 Å². The molecule has 58 heavy (non-hydrogen) atoms. The summed E-state index contributed by atoms with van der Waals surface area (Å²) in [5, 5.41) is 5.20. The van der Waals surface area contributed by atoms with Gasteiger partial charge in [0, 0.05) is 0 Å². The zero-order valence-corrected chi connectivity index (χ0v) is 37.7. The molecule has 2 atom stereocenters. The summed E-state index contributed by atoms with van der Waals surface area (Å²) in [6, 6.07) is 69.5. The van der Waals surface area contributed by atoms with Crippen molar-refractivity contribution in [2.24, 2.45) is 0 Å². The second kappa shape index (κ2) is 15.8. The van der Waals surface area contributed by atoms with Gasteiger partial charge in [0.2, 0.25) is 0 Å². The third kappa shape index (κ3) is 5.82. The summed E-state index contributed by atoms with van der Waals surface area (Å²) in [5.41, 5.74) is 14.3. The fourth-order valence-corrected chi connectivity index (χ4v) is 29.8. The van der Waals surface area contributed by atoms with E-state index >= 15 is 0 Å². The molecule has 0 N–H and O–H groups in total. The van der Waals surface area contributed by atoms with E-state index in [1.807, 2.05) is 0 Å². The van der Waals surface area contributed by atoms with Crippen LogP contribution >= 0.6 is 24.8 Å². The van der Waals surface area contributed by atoms with E-state index in [0.29, 0.717) is 0 Å². The van der Waals surface area contributed by atoms with E-state index in [1.165, 1.54) is 66.1 Å². The maximum Gasteiger partial charge on any atom is -0.147 e. The predicted molar refractivity (Wildman–Crippen MR) is 256 cm³/mol. The Labute approximate surface area is 358 Å². The van der Waals surface area contributed by atoms with Gasteiger partial charge in [0.25, 0.3) is 0 Å². The van der Waals surface area contributed by atoms with Crippen molar-refractivity contribution < 1.29 is 14.0 Å². The van der Waals surface area contributed by atoms with E-state index in [0.717, 1.165) is 12.8 Å². The van der Waals surface area contributed by atoms with Crippen LogP contribution in [0.25, 0.3) is 56.0 Å². The zero-order chi connectivity index (χ0) is 37.9. The topological polar surface area (TPSA) is 0 Å². The maximum absolute atomic E-state index is 4.49. The van der Waals surface area contributed by atoms with Crippen LogP contribution in [0.3, 0.4) is 0 Å². The molecular weight excluding hydrogens is 795 g/mol. The molecule has 0 amide bonds. The third-order valence-electron chi connectivity index (χ3n) is 13.5. The van der Waals surface area contributed by atoms with Gasteiger partial charge in [-0.25, -0.2) is 0 Å². The van der Waals surface area contributed by atoms with E-state index in [4.69, 9.17) is 0 Å². The molecule has 0 spiro atoms. The van der Waals surface area contributed by atoms with Crippen LogP contribution in [-0.2, 0) is 14.0 Å². The van der Waals surface area contributed by atoms with Crippen LogP contribution in [0.2, 0.25) is 0 Å². The molecule has 4 heteroatoms. The summed E-state index contributed by atoms with van der Waals surface area (Å²) in [6.45, 7) is 4.80. The zero-order valence-electron chi connectivity index (χ0n) is 33.1. The Morgan fingerprint density at radius 3 is 1.16 bits per heavy atom. The monoisotopic (exact) mass is 842 g/mol. The smallest absolute Gasteiger partial charge is 0.147 e. The summed E-state index contributed by atoms with van der Waals surface area (Å²) in [4.78, 5) is 0. The van der Waals surface area contributed by atoms with E-state index in [1.54, 1.807) is 18.9 Å². The van der Waals surface area contributed by atoms with E-state index in [2.05, 4.69) is 216 Å². The molecule has 0 saturated heterocycles. The normalized spacial score (nSPS) is 15.8. The fraction of sp³-hybridized carbons (Fsp3) is 0.111. The van der Waals surface area contributed by atoms with Gasteiger partial charge in [-0.2, -0.15) is 0 Å². The molecule has 0 saturated carbocycles. The third-order valence-corrected chi connectivity index (χ3v) is 31.8. The molecule has 2 unspecified atom stereocenters. The fourth-order valence-electron chi connectivity index (χ4n) is 11.2. The van der Waals surface area contributed by atoms with E-state index < -0.39 is 14.0 Å². The maximum atomic E-state index is 2.62. The van der Waals surface area contributed by atoms with Crippen LogP contribution in [-0.4, -0.2) is 7.63 Å². The van der Waals surface area contributed by atoms with Gasteiger partial charge < -0.3 is 0 Å². The number of allylic oxidation sites excluding steroid dienone is 2. The summed E-state index contributed by atoms with van der Waals surface area (Å²) in [5.74, 6) is 0. The van der Waals surface area contributed by atoms with E-state index in [-0.39, 0.29) is 33.3 Å². The molecule has 10 rings (SSSR count). The largest absolute Gasteiger partial charge is 0.147 e. The van der Waals surface area contributed by atoms with Crippen molar-refractivity contribution in [3.05, 3.63) is 215 Å². The van der Waals surface area contributed by atoms with Crippen molar-refractivity contribution in [3.63, 3.8) is 0 Å². The van der Waals surface area contributed by atoms with Gasteiger partial charge >= 0.3 is 336 Å². The average Bonchev–Trinajstić information content (AvgIpc) is 3.87. The Morgan fingerprint density at radius 2 is 0.741 bits per heavy atom. The van der Waals surface area contributed by atoms with Crippen LogP contribution < -0.4 is 7.74 Å². The van der Waals surface area contributed by atoms with E-state index in [9.17, 15) is 0 Å². The minimum absolute atomic E-state index is 0. The second-order valence-corrected chi connectivity index (χ2v) is 31.0. The van der Waals surface area contributed by atoms with Crippen molar-refractivity contribution in [1.29, 1.82) is 0 Å². The van der Waals surface area contributed by atoms with Gasteiger partial charge in [0.1, 0.15) is 0 Å². The molecular formula is C54H48Cl2SiTi. The summed E-state index contributed by atoms with van der Waals surface area (Å²) < 4.78 is 3.62. The van der Waals surface area contributed by atoms with Crippen molar-refractivity contribution in [2.75, 3.05) is 0 Å². The summed E-state index contributed by atoms with van der Waals surface area (Å²) in [6.07, 6.45) is 7.26. The van der Waals surface area contributed by atoms with Crippen LogP contribution in [0.1, 0.15) is 57.4 Å². The number of hydrogen-bond acceptors (Lipinski definition) is 0. The molecule has 8 aromatic carbocycles. The average molecular weight is 844 g/mol. The Balaban J connectivity index is 0.00000235. The first-order valence-electron chi connectivity index (χ1n) is 20.3. The Morgan fingerprint density at radius 1 is 0.397 bits per heavy atom. The number of hydrogen-bond donors (Lipinski definition) is 0. The predicted octanol–water partition coefficient (Wildman–Crippen LogP) is 13.5. The molecule has 2 aliphatic rings. The second-order valence-electron chi connectivity index (χ2n) is 16.0. The van der Waals surface area contributed by atoms with Crippen molar-refractivity contribution in [1.82, 2.24) is 0 Å². The Bertz CT molecular complexity index is 2750. The number of benzene rings is 8. The molecule has 0 aliphatic heterocycles. The van der Waals surface area contributed by atoms with Gasteiger partial charge in [-0.1, -0.05) is 0 Å². The molecule has 0 aromatic heterocycles. The minimum Gasteiger partial charge on any atom is -0.147 e. The summed E-state index contributed by atoms with van der Waals surface area (Å²) in [7, 11) is 2.47. The number of fused-ring (bicyclic) bond motifs is 4. The van der Waals surface area contributed by atoms with Crippen LogP contribution in [0, 0.1) is 0 Å². The quantitative estimate of drug-likeness (QED) is 0.134.